The van der Waals surface area contributed by atoms with E-state index in [1.54, 1.807) is 12.1 Å². The maximum atomic E-state index is 12.4. The number of hydrogen-bond donors (Lipinski definition) is 2. The lowest BCUT2D eigenvalue weighted by Gasteiger charge is -2.19. The van der Waals surface area contributed by atoms with Crippen LogP contribution in [0.5, 0.6) is 0 Å². The molecule has 0 saturated carbocycles. The first-order valence-corrected chi connectivity index (χ1v) is 7.99. The van der Waals surface area contributed by atoms with Gasteiger partial charge in [0.15, 0.2) is 0 Å². The maximum Gasteiger partial charge on any atom is 0.335 e. The van der Waals surface area contributed by atoms with E-state index in [0.717, 1.165) is 5.56 Å². The molecule has 0 bridgehead atoms. The normalized spacial score (nSPS) is 11.2. The third kappa shape index (κ3) is 4.08. The minimum Gasteiger partial charge on any atom is -0.478 e. The summed E-state index contributed by atoms with van der Waals surface area (Å²) in [6.45, 7) is 6.25. The van der Waals surface area contributed by atoms with Gasteiger partial charge in [0.2, 0.25) is 0 Å². The van der Waals surface area contributed by atoms with Crippen molar-refractivity contribution in [3.63, 3.8) is 0 Å². The number of halogens is 2. The smallest absolute Gasteiger partial charge is 0.335 e. The third-order valence-electron chi connectivity index (χ3n) is 3.54. The summed E-state index contributed by atoms with van der Waals surface area (Å²) in [5, 5.41) is 11.8. The quantitative estimate of drug-likeness (QED) is 0.781. The molecule has 1 amide bonds. The van der Waals surface area contributed by atoms with Gasteiger partial charge in [-0.05, 0) is 35.2 Å². The summed E-state index contributed by atoms with van der Waals surface area (Å²) < 4.78 is 0. The number of amides is 1. The number of aromatic carboxylic acids is 1. The van der Waals surface area contributed by atoms with Gasteiger partial charge in [-0.1, -0.05) is 56.1 Å². The molecule has 2 rings (SSSR count). The second-order valence-electron chi connectivity index (χ2n) is 6.41. The van der Waals surface area contributed by atoms with Crippen LogP contribution in [-0.2, 0) is 5.41 Å². The van der Waals surface area contributed by atoms with E-state index in [-0.39, 0.29) is 26.7 Å². The molecule has 0 heterocycles. The van der Waals surface area contributed by atoms with E-state index in [1.807, 2.05) is 12.1 Å². The number of carbonyl (C=O) groups is 2. The summed E-state index contributed by atoms with van der Waals surface area (Å²) in [7, 11) is 0. The fraction of sp³-hybridized carbons (Fsp3) is 0.222. The zero-order chi connectivity index (χ0) is 18.1. The van der Waals surface area contributed by atoms with Crippen molar-refractivity contribution in [2.24, 2.45) is 0 Å². The van der Waals surface area contributed by atoms with Crippen LogP contribution in [0.1, 0.15) is 47.1 Å². The molecule has 0 saturated heterocycles. The van der Waals surface area contributed by atoms with E-state index in [4.69, 9.17) is 28.3 Å². The first-order chi connectivity index (χ1) is 11.1. The molecule has 24 heavy (non-hydrogen) atoms. The molecular formula is C18H17Cl2NO3. The average molecular weight is 366 g/mol. The second kappa shape index (κ2) is 6.83. The number of hydrogen-bond acceptors (Lipinski definition) is 2. The van der Waals surface area contributed by atoms with Gasteiger partial charge in [0.05, 0.1) is 21.3 Å². The molecule has 2 aromatic carbocycles. The second-order valence-corrected chi connectivity index (χ2v) is 7.19. The Labute approximate surface area is 150 Å². The largest absolute Gasteiger partial charge is 0.478 e. The summed E-state index contributed by atoms with van der Waals surface area (Å²) in [5.41, 5.74) is 1.64. The summed E-state index contributed by atoms with van der Waals surface area (Å²) in [4.78, 5) is 23.4. The summed E-state index contributed by atoms with van der Waals surface area (Å²) in [5.74, 6) is -1.55. The summed E-state index contributed by atoms with van der Waals surface area (Å²) >= 11 is 12.0. The fourth-order valence-electron chi connectivity index (χ4n) is 2.12. The van der Waals surface area contributed by atoms with Crippen molar-refractivity contribution in [1.82, 2.24) is 0 Å². The first kappa shape index (κ1) is 18.3. The average Bonchev–Trinajstić information content (AvgIpc) is 2.50. The van der Waals surface area contributed by atoms with Crippen molar-refractivity contribution in [3.05, 3.63) is 63.1 Å². The van der Waals surface area contributed by atoms with Gasteiger partial charge in [-0.2, -0.15) is 0 Å². The highest BCUT2D eigenvalue weighted by atomic mass is 35.5. The van der Waals surface area contributed by atoms with Gasteiger partial charge in [0.1, 0.15) is 0 Å². The monoisotopic (exact) mass is 365 g/mol. The summed E-state index contributed by atoms with van der Waals surface area (Å²) in [6.07, 6.45) is 0. The number of anilines is 1. The first-order valence-electron chi connectivity index (χ1n) is 7.24. The van der Waals surface area contributed by atoms with Crippen molar-refractivity contribution in [2.75, 3.05) is 5.32 Å². The molecule has 0 aliphatic carbocycles. The number of nitrogens with one attached hydrogen (secondary N) is 1. The molecule has 126 valence electrons. The lowest BCUT2D eigenvalue weighted by atomic mass is 9.87. The van der Waals surface area contributed by atoms with Gasteiger partial charge in [0, 0.05) is 5.56 Å². The number of rotatable bonds is 3. The number of carboxylic acid groups (broad SMARTS) is 1. The number of carbonyl (C=O) groups excluding carboxylic acids is 1. The Morgan fingerprint density at radius 2 is 1.58 bits per heavy atom. The number of benzene rings is 2. The minimum absolute atomic E-state index is 0.0122. The SMILES string of the molecule is CC(C)(C)c1ccc(C(=O)Nc2cc(C(=O)O)cc(Cl)c2Cl)cc1. The molecule has 6 heteroatoms. The Morgan fingerprint density at radius 1 is 1.00 bits per heavy atom. The Kier molecular flexibility index (Phi) is 5.21. The zero-order valence-corrected chi connectivity index (χ0v) is 15.0. The van der Waals surface area contributed by atoms with Crippen molar-refractivity contribution < 1.29 is 14.7 Å². The van der Waals surface area contributed by atoms with Crippen LogP contribution in [-0.4, -0.2) is 17.0 Å². The Balaban J connectivity index is 2.28. The van der Waals surface area contributed by atoms with Gasteiger partial charge >= 0.3 is 5.97 Å². The van der Waals surface area contributed by atoms with Crippen molar-refractivity contribution in [2.45, 2.75) is 26.2 Å². The highest BCUT2D eigenvalue weighted by molar-refractivity contribution is 6.44. The van der Waals surface area contributed by atoms with Crippen LogP contribution in [0, 0.1) is 0 Å². The predicted octanol–water partition coefficient (Wildman–Crippen LogP) is 5.24. The van der Waals surface area contributed by atoms with E-state index in [2.05, 4.69) is 26.1 Å². The van der Waals surface area contributed by atoms with E-state index >= 15 is 0 Å². The fourth-order valence-corrected chi connectivity index (χ4v) is 2.50. The van der Waals surface area contributed by atoms with Crippen LogP contribution in [0.3, 0.4) is 0 Å². The molecule has 0 aromatic heterocycles. The Morgan fingerprint density at radius 3 is 2.08 bits per heavy atom. The van der Waals surface area contributed by atoms with E-state index in [9.17, 15) is 9.59 Å². The van der Waals surface area contributed by atoms with Gasteiger partial charge in [-0.3, -0.25) is 4.79 Å². The molecule has 0 unspecified atom stereocenters. The van der Waals surface area contributed by atoms with Crippen molar-refractivity contribution in [1.29, 1.82) is 0 Å². The predicted molar refractivity (Wildman–Crippen MR) is 96.5 cm³/mol. The molecule has 0 atom stereocenters. The van der Waals surface area contributed by atoms with Crippen LogP contribution < -0.4 is 5.32 Å². The van der Waals surface area contributed by atoms with Gasteiger partial charge in [0.25, 0.3) is 5.91 Å². The van der Waals surface area contributed by atoms with Crippen LogP contribution in [0.2, 0.25) is 10.0 Å². The van der Waals surface area contributed by atoms with Gasteiger partial charge < -0.3 is 10.4 Å². The van der Waals surface area contributed by atoms with E-state index in [0.29, 0.717) is 5.56 Å². The van der Waals surface area contributed by atoms with Gasteiger partial charge in [-0.25, -0.2) is 4.79 Å². The Bertz CT molecular complexity index is 793. The van der Waals surface area contributed by atoms with Crippen LogP contribution in [0.15, 0.2) is 36.4 Å². The minimum atomic E-state index is -1.15. The Hall–Kier alpha value is -2.04. The van der Waals surface area contributed by atoms with E-state index in [1.165, 1.54) is 12.1 Å². The third-order valence-corrected chi connectivity index (χ3v) is 4.34. The van der Waals surface area contributed by atoms with Crippen LogP contribution in [0.25, 0.3) is 0 Å². The molecule has 0 aliphatic heterocycles. The number of carboxylic acids is 1. The molecule has 0 spiro atoms. The molecule has 4 nitrogen and oxygen atoms in total. The summed E-state index contributed by atoms with van der Waals surface area (Å²) in [6, 6.07) is 9.71. The standard InChI is InChI=1S/C18H17Cl2NO3/c1-18(2,3)12-6-4-10(5-7-12)16(22)21-14-9-11(17(23)24)8-13(19)15(14)20/h4-9H,1-3H3,(H,21,22)(H,23,24). The molecule has 2 aromatic rings. The molecule has 0 aliphatic rings. The van der Waals surface area contributed by atoms with Crippen LogP contribution >= 0.6 is 23.2 Å². The highest BCUT2D eigenvalue weighted by Crippen LogP contribution is 2.32. The molecule has 0 fully saturated rings. The van der Waals surface area contributed by atoms with Gasteiger partial charge in [-0.15, -0.1) is 0 Å². The maximum absolute atomic E-state index is 12.4. The van der Waals surface area contributed by atoms with E-state index < -0.39 is 11.9 Å². The zero-order valence-electron chi connectivity index (χ0n) is 13.5. The highest BCUT2D eigenvalue weighted by Gasteiger charge is 2.17. The molecule has 2 N–H and O–H groups in total. The molecular weight excluding hydrogens is 349 g/mol. The lowest BCUT2D eigenvalue weighted by molar-refractivity contribution is 0.0696. The van der Waals surface area contributed by atoms with Crippen LogP contribution in [0.4, 0.5) is 5.69 Å². The van der Waals surface area contributed by atoms with Crippen molar-refractivity contribution >= 4 is 40.8 Å². The lowest BCUT2D eigenvalue weighted by Crippen LogP contribution is -2.15. The molecule has 0 radical (unpaired) electrons. The topological polar surface area (TPSA) is 66.4 Å². The van der Waals surface area contributed by atoms with Crippen molar-refractivity contribution in [3.8, 4) is 0 Å².